The van der Waals surface area contributed by atoms with E-state index in [1.54, 1.807) is 0 Å². The van der Waals surface area contributed by atoms with Crippen molar-refractivity contribution in [3.8, 4) is 0 Å². The van der Waals surface area contributed by atoms with E-state index in [0.29, 0.717) is 5.92 Å². The summed E-state index contributed by atoms with van der Waals surface area (Å²) in [6, 6.07) is 0. The van der Waals surface area contributed by atoms with E-state index in [4.69, 9.17) is 0 Å². The lowest BCUT2D eigenvalue weighted by molar-refractivity contribution is 0.642. The summed E-state index contributed by atoms with van der Waals surface area (Å²) in [4.78, 5) is 0. The first-order valence-electron chi connectivity index (χ1n) is 4.10. The molecule has 0 saturated heterocycles. The van der Waals surface area contributed by atoms with Gasteiger partial charge in [-0.25, -0.2) is 0 Å². The van der Waals surface area contributed by atoms with Crippen molar-refractivity contribution in [2.75, 3.05) is 0 Å². The zero-order valence-corrected chi connectivity index (χ0v) is 7.14. The first-order valence-corrected chi connectivity index (χ1v) is 4.10. The molecule has 0 rings (SSSR count). The maximum Gasteiger partial charge on any atom is -0.00563 e. The second-order valence-electron chi connectivity index (χ2n) is 2.57. The van der Waals surface area contributed by atoms with Crippen LogP contribution < -0.4 is 0 Å². The summed E-state index contributed by atoms with van der Waals surface area (Å²) < 4.78 is 0. The fourth-order valence-corrected chi connectivity index (χ4v) is 0.980. The third kappa shape index (κ3) is 4.37. The first kappa shape index (κ1) is 9.48. The van der Waals surface area contributed by atoms with Gasteiger partial charge in [0.25, 0.3) is 0 Å². The number of allylic oxidation sites excluding steroid dienone is 3. The van der Waals surface area contributed by atoms with Crippen molar-refractivity contribution in [2.45, 2.75) is 33.1 Å². The lowest BCUT2D eigenvalue weighted by Gasteiger charge is -2.03. The van der Waals surface area contributed by atoms with Crippen molar-refractivity contribution in [2.24, 2.45) is 5.92 Å². The molecular formula is C10H18. The molecule has 0 aromatic rings. The van der Waals surface area contributed by atoms with Crippen molar-refractivity contribution in [3.05, 3.63) is 24.8 Å². The number of hydrogen-bond acceptors (Lipinski definition) is 0. The Balaban J connectivity index is 3.49. The highest BCUT2D eigenvalue weighted by atomic mass is 14.0. The van der Waals surface area contributed by atoms with Crippen molar-refractivity contribution in [1.82, 2.24) is 0 Å². The highest BCUT2D eigenvalue weighted by Gasteiger charge is 1.95. The van der Waals surface area contributed by atoms with Crippen LogP contribution in [0.3, 0.4) is 0 Å². The molecule has 1 atom stereocenters. The van der Waals surface area contributed by atoms with Crippen LogP contribution in [0.25, 0.3) is 0 Å². The van der Waals surface area contributed by atoms with Crippen molar-refractivity contribution in [3.63, 3.8) is 0 Å². The van der Waals surface area contributed by atoms with Gasteiger partial charge in [0.15, 0.2) is 0 Å². The molecule has 0 aliphatic carbocycles. The maximum absolute atomic E-state index is 3.78. The highest BCUT2D eigenvalue weighted by molar-refractivity contribution is 4.95. The Bertz CT molecular complexity index is 101. The van der Waals surface area contributed by atoms with Crippen molar-refractivity contribution < 1.29 is 0 Å². The Labute approximate surface area is 64.6 Å². The van der Waals surface area contributed by atoms with Crippen LogP contribution in [0.2, 0.25) is 0 Å². The average Bonchev–Trinajstić information content (AvgIpc) is 1.98. The van der Waals surface area contributed by atoms with Crippen LogP contribution in [0.4, 0.5) is 0 Å². The van der Waals surface area contributed by atoms with Gasteiger partial charge < -0.3 is 0 Å². The molecule has 0 aromatic carbocycles. The van der Waals surface area contributed by atoms with Gasteiger partial charge in [0.1, 0.15) is 0 Å². The fourth-order valence-electron chi connectivity index (χ4n) is 0.980. The molecule has 0 aliphatic rings. The smallest absolute Gasteiger partial charge is 0.00563 e. The normalized spacial score (nSPS) is 13.8. The summed E-state index contributed by atoms with van der Waals surface area (Å²) in [6.45, 7) is 8.06. The third-order valence-corrected chi connectivity index (χ3v) is 1.63. The summed E-state index contributed by atoms with van der Waals surface area (Å²) >= 11 is 0. The van der Waals surface area contributed by atoms with Crippen LogP contribution >= 0.6 is 0 Å². The molecule has 58 valence electrons. The van der Waals surface area contributed by atoms with E-state index >= 15 is 0 Å². The zero-order valence-electron chi connectivity index (χ0n) is 7.14. The fraction of sp³-hybridized carbons (Fsp3) is 0.600. The minimum Gasteiger partial charge on any atom is -0.102 e. The van der Waals surface area contributed by atoms with E-state index < -0.39 is 0 Å². The summed E-state index contributed by atoms with van der Waals surface area (Å²) in [5.41, 5.74) is 0. The monoisotopic (exact) mass is 138 g/mol. The Kier molecular flexibility index (Phi) is 6.25. The largest absolute Gasteiger partial charge is 0.102 e. The minimum absolute atomic E-state index is 0.602. The van der Waals surface area contributed by atoms with Crippen LogP contribution in [-0.2, 0) is 0 Å². The molecule has 0 heteroatoms. The quantitative estimate of drug-likeness (QED) is 0.510. The van der Waals surface area contributed by atoms with Gasteiger partial charge in [-0.3, -0.25) is 0 Å². The molecule has 0 heterocycles. The molecule has 0 spiro atoms. The minimum atomic E-state index is 0.602. The van der Waals surface area contributed by atoms with E-state index in [-0.39, 0.29) is 0 Å². The molecule has 0 radical (unpaired) electrons. The van der Waals surface area contributed by atoms with E-state index in [1.807, 2.05) is 6.08 Å². The third-order valence-electron chi connectivity index (χ3n) is 1.63. The molecule has 0 aliphatic heterocycles. The van der Waals surface area contributed by atoms with Crippen molar-refractivity contribution in [1.29, 1.82) is 0 Å². The topological polar surface area (TPSA) is 0 Å². The molecule has 0 fully saturated rings. The number of rotatable bonds is 5. The van der Waals surface area contributed by atoms with Gasteiger partial charge in [0.05, 0.1) is 0 Å². The van der Waals surface area contributed by atoms with Gasteiger partial charge in [-0.2, -0.15) is 0 Å². The molecular weight excluding hydrogens is 120 g/mol. The number of hydrogen-bond donors (Lipinski definition) is 0. The standard InChI is InChI=1S/C10H18/c1-4-7-9-10(6-3)8-5-2/h5-6,8,10H,3-4,7,9H2,1-2H3. The van der Waals surface area contributed by atoms with Crippen LogP contribution in [0.1, 0.15) is 33.1 Å². The lowest BCUT2D eigenvalue weighted by Crippen LogP contribution is -1.89. The van der Waals surface area contributed by atoms with Crippen LogP contribution in [0.5, 0.6) is 0 Å². The summed E-state index contributed by atoms with van der Waals surface area (Å²) in [5.74, 6) is 0.602. The number of unbranched alkanes of at least 4 members (excludes halogenated alkanes) is 1. The van der Waals surface area contributed by atoms with Crippen LogP contribution in [0, 0.1) is 5.92 Å². The predicted octanol–water partition coefficient (Wildman–Crippen LogP) is 3.55. The Morgan fingerprint density at radius 2 is 2.20 bits per heavy atom. The average molecular weight is 138 g/mol. The summed E-state index contributed by atoms with van der Waals surface area (Å²) in [6.07, 6.45) is 10.2. The van der Waals surface area contributed by atoms with Gasteiger partial charge in [-0.05, 0) is 19.3 Å². The zero-order chi connectivity index (χ0) is 7.82. The van der Waals surface area contributed by atoms with E-state index in [1.165, 1.54) is 19.3 Å². The van der Waals surface area contributed by atoms with Gasteiger partial charge in [-0.1, -0.05) is 38.0 Å². The molecule has 1 unspecified atom stereocenters. The van der Waals surface area contributed by atoms with Gasteiger partial charge in [-0.15, -0.1) is 6.58 Å². The first-order chi connectivity index (χ1) is 4.85. The highest BCUT2D eigenvalue weighted by Crippen LogP contribution is 2.10. The van der Waals surface area contributed by atoms with Gasteiger partial charge in [0, 0.05) is 0 Å². The molecule has 0 aromatic heterocycles. The van der Waals surface area contributed by atoms with Crippen molar-refractivity contribution >= 4 is 0 Å². The van der Waals surface area contributed by atoms with Crippen LogP contribution in [0.15, 0.2) is 24.8 Å². The predicted molar refractivity (Wildman–Crippen MR) is 48.0 cm³/mol. The maximum atomic E-state index is 3.78. The SMILES string of the molecule is C=CC(C=CC)CCCC. The van der Waals surface area contributed by atoms with E-state index in [2.05, 4.69) is 32.6 Å². The van der Waals surface area contributed by atoms with E-state index in [0.717, 1.165) is 0 Å². The molecule has 10 heavy (non-hydrogen) atoms. The summed E-state index contributed by atoms with van der Waals surface area (Å²) in [5, 5.41) is 0. The Morgan fingerprint density at radius 1 is 1.50 bits per heavy atom. The van der Waals surface area contributed by atoms with Gasteiger partial charge in [0.2, 0.25) is 0 Å². The van der Waals surface area contributed by atoms with Gasteiger partial charge >= 0.3 is 0 Å². The molecule has 0 nitrogen and oxygen atoms in total. The Hall–Kier alpha value is -0.520. The molecule has 0 amide bonds. The lowest BCUT2D eigenvalue weighted by atomic mass is 10.0. The van der Waals surface area contributed by atoms with Crippen LogP contribution in [-0.4, -0.2) is 0 Å². The Morgan fingerprint density at radius 3 is 2.60 bits per heavy atom. The molecule has 0 saturated carbocycles. The van der Waals surface area contributed by atoms with E-state index in [9.17, 15) is 0 Å². The molecule has 0 bridgehead atoms. The second-order valence-corrected chi connectivity index (χ2v) is 2.57. The molecule has 0 N–H and O–H groups in total. The summed E-state index contributed by atoms with van der Waals surface area (Å²) in [7, 11) is 0. The second kappa shape index (κ2) is 6.60.